The Labute approximate surface area is 117 Å². The first-order valence-corrected chi connectivity index (χ1v) is 6.36. The second-order valence-corrected chi connectivity index (χ2v) is 4.91. The van der Waals surface area contributed by atoms with Crippen LogP contribution in [0, 0.1) is 5.82 Å². The van der Waals surface area contributed by atoms with Crippen LogP contribution in [0.4, 0.5) is 4.39 Å². The molecule has 1 heterocycles. The van der Waals surface area contributed by atoms with Crippen LogP contribution in [0.15, 0.2) is 22.7 Å². The van der Waals surface area contributed by atoms with Gasteiger partial charge < -0.3 is 14.7 Å². The van der Waals surface area contributed by atoms with E-state index in [1.807, 2.05) is 0 Å². The molecule has 0 aliphatic carbocycles. The van der Waals surface area contributed by atoms with Gasteiger partial charge in [-0.15, -0.1) is 0 Å². The Morgan fingerprint density at radius 2 is 2.21 bits per heavy atom. The van der Waals surface area contributed by atoms with Crippen LogP contribution in [-0.4, -0.2) is 47.7 Å². The van der Waals surface area contributed by atoms with Crippen LogP contribution in [0.2, 0.25) is 0 Å². The minimum absolute atomic E-state index is 0.0615. The molecule has 0 aromatic heterocycles. The molecular formula is C12H11BrFNO4. The first-order chi connectivity index (χ1) is 9.00. The van der Waals surface area contributed by atoms with Crippen LogP contribution in [0.5, 0.6) is 0 Å². The van der Waals surface area contributed by atoms with Crippen LogP contribution in [0.3, 0.4) is 0 Å². The maximum Gasteiger partial charge on any atom is 0.328 e. The zero-order valence-corrected chi connectivity index (χ0v) is 11.4. The summed E-state index contributed by atoms with van der Waals surface area (Å²) in [6.45, 7) is 0.370. The molecule has 1 N–H and O–H groups in total. The number of carbonyl (C=O) groups excluding carboxylic acids is 1. The van der Waals surface area contributed by atoms with E-state index in [2.05, 4.69) is 15.9 Å². The Morgan fingerprint density at radius 3 is 2.89 bits per heavy atom. The van der Waals surface area contributed by atoms with E-state index in [4.69, 9.17) is 9.84 Å². The molecule has 0 radical (unpaired) electrons. The molecule has 0 saturated carbocycles. The minimum atomic E-state index is -1.14. The van der Waals surface area contributed by atoms with E-state index >= 15 is 0 Å². The van der Waals surface area contributed by atoms with Crippen LogP contribution < -0.4 is 0 Å². The molecule has 1 saturated heterocycles. The molecule has 102 valence electrons. The quantitative estimate of drug-likeness (QED) is 0.892. The number of ether oxygens (including phenoxy) is 1. The Morgan fingerprint density at radius 1 is 1.47 bits per heavy atom. The molecule has 0 spiro atoms. The highest BCUT2D eigenvalue weighted by molar-refractivity contribution is 9.10. The van der Waals surface area contributed by atoms with E-state index in [9.17, 15) is 14.0 Å². The molecule has 5 nitrogen and oxygen atoms in total. The van der Waals surface area contributed by atoms with Crippen LogP contribution >= 0.6 is 15.9 Å². The van der Waals surface area contributed by atoms with Gasteiger partial charge in [-0.25, -0.2) is 9.18 Å². The van der Waals surface area contributed by atoms with Crippen molar-refractivity contribution in [2.45, 2.75) is 6.04 Å². The molecule has 1 amide bonds. The lowest BCUT2D eigenvalue weighted by atomic mass is 10.1. The van der Waals surface area contributed by atoms with E-state index < -0.39 is 23.7 Å². The third-order valence-electron chi connectivity index (χ3n) is 2.83. The summed E-state index contributed by atoms with van der Waals surface area (Å²) >= 11 is 3.16. The second kappa shape index (κ2) is 5.66. The summed E-state index contributed by atoms with van der Waals surface area (Å²) in [5.74, 6) is -2.21. The molecule has 1 fully saturated rings. The standard InChI is InChI=1S/C12H11BrFNO4/c13-9-2-1-7(14)5-8(9)11(16)15-3-4-19-6-10(15)12(17)18/h1-2,5,10H,3-4,6H2,(H,17,18). The Kier molecular flexibility index (Phi) is 4.16. The van der Waals surface area contributed by atoms with Crippen molar-refractivity contribution in [3.63, 3.8) is 0 Å². The highest BCUT2D eigenvalue weighted by atomic mass is 79.9. The van der Waals surface area contributed by atoms with Crippen molar-refractivity contribution in [3.05, 3.63) is 34.1 Å². The summed E-state index contributed by atoms with van der Waals surface area (Å²) in [4.78, 5) is 24.6. The average molecular weight is 332 g/mol. The highest BCUT2D eigenvalue weighted by Gasteiger charge is 2.33. The zero-order valence-electron chi connectivity index (χ0n) is 9.81. The van der Waals surface area contributed by atoms with Crippen molar-refractivity contribution >= 4 is 27.8 Å². The SMILES string of the molecule is O=C(O)C1COCCN1C(=O)c1cc(F)ccc1Br. The van der Waals surface area contributed by atoms with Crippen LogP contribution in [0.1, 0.15) is 10.4 Å². The predicted octanol–water partition coefficient (Wildman–Crippen LogP) is 1.51. The molecule has 1 aliphatic rings. The predicted molar refractivity (Wildman–Crippen MR) is 67.4 cm³/mol. The van der Waals surface area contributed by atoms with E-state index in [1.54, 1.807) is 0 Å². The molecular weight excluding hydrogens is 321 g/mol. The number of rotatable bonds is 2. The van der Waals surface area contributed by atoms with Crippen molar-refractivity contribution in [1.82, 2.24) is 4.90 Å². The van der Waals surface area contributed by atoms with Gasteiger partial charge >= 0.3 is 5.97 Å². The minimum Gasteiger partial charge on any atom is -0.480 e. The zero-order chi connectivity index (χ0) is 14.0. The molecule has 19 heavy (non-hydrogen) atoms. The maximum atomic E-state index is 13.2. The third kappa shape index (κ3) is 2.93. The normalized spacial score (nSPS) is 19.3. The van der Waals surface area contributed by atoms with Gasteiger partial charge in [0.1, 0.15) is 5.82 Å². The summed E-state index contributed by atoms with van der Waals surface area (Å²) in [5.41, 5.74) is 0.105. The van der Waals surface area contributed by atoms with Gasteiger partial charge in [-0.05, 0) is 34.1 Å². The monoisotopic (exact) mass is 331 g/mol. The summed E-state index contributed by atoms with van der Waals surface area (Å²) in [6.07, 6.45) is 0. The van der Waals surface area contributed by atoms with Crippen molar-refractivity contribution in [1.29, 1.82) is 0 Å². The van der Waals surface area contributed by atoms with Gasteiger partial charge in [0, 0.05) is 11.0 Å². The van der Waals surface area contributed by atoms with Gasteiger partial charge in [-0.3, -0.25) is 4.79 Å². The van der Waals surface area contributed by atoms with Crippen molar-refractivity contribution in [2.75, 3.05) is 19.8 Å². The van der Waals surface area contributed by atoms with E-state index in [0.29, 0.717) is 4.47 Å². The molecule has 7 heteroatoms. The lowest BCUT2D eigenvalue weighted by Crippen LogP contribution is -2.52. The number of carbonyl (C=O) groups is 2. The molecule has 1 aliphatic heterocycles. The summed E-state index contributed by atoms with van der Waals surface area (Å²) < 4.78 is 18.7. The number of carboxylic acid groups (broad SMARTS) is 1. The lowest BCUT2D eigenvalue weighted by Gasteiger charge is -2.33. The number of aliphatic carboxylic acids is 1. The van der Waals surface area contributed by atoms with Crippen molar-refractivity contribution in [3.8, 4) is 0 Å². The summed E-state index contributed by atoms with van der Waals surface area (Å²) in [6, 6.07) is 2.67. The van der Waals surface area contributed by atoms with Crippen LogP contribution in [-0.2, 0) is 9.53 Å². The molecule has 1 aromatic carbocycles. The number of nitrogens with zero attached hydrogens (tertiary/aromatic N) is 1. The molecule has 1 atom stereocenters. The van der Waals surface area contributed by atoms with E-state index in [0.717, 1.165) is 6.07 Å². The number of benzene rings is 1. The number of amides is 1. The number of carboxylic acids is 1. The lowest BCUT2D eigenvalue weighted by molar-refractivity contribution is -0.147. The molecule has 0 bridgehead atoms. The first-order valence-electron chi connectivity index (χ1n) is 5.57. The fourth-order valence-corrected chi connectivity index (χ4v) is 2.28. The van der Waals surface area contributed by atoms with Gasteiger partial charge in [-0.2, -0.15) is 0 Å². The number of hydrogen-bond donors (Lipinski definition) is 1. The third-order valence-corrected chi connectivity index (χ3v) is 3.52. The number of morpholine rings is 1. The largest absolute Gasteiger partial charge is 0.480 e. The van der Waals surface area contributed by atoms with Gasteiger partial charge in [0.2, 0.25) is 0 Å². The second-order valence-electron chi connectivity index (χ2n) is 4.05. The average Bonchev–Trinajstić information content (AvgIpc) is 2.40. The molecule has 1 aromatic rings. The Hall–Kier alpha value is -1.47. The van der Waals surface area contributed by atoms with Gasteiger partial charge in [-0.1, -0.05) is 0 Å². The smallest absolute Gasteiger partial charge is 0.328 e. The maximum absolute atomic E-state index is 13.2. The topological polar surface area (TPSA) is 66.8 Å². The van der Waals surface area contributed by atoms with Crippen molar-refractivity contribution in [2.24, 2.45) is 0 Å². The summed E-state index contributed by atoms with van der Waals surface area (Å²) in [7, 11) is 0. The van der Waals surface area contributed by atoms with Gasteiger partial charge in [0.15, 0.2) is 6.04 Å². The van der Waals surface area contributed by atoms with Crippen molar-refractivity contribution < 1.29 is 23.8 Å². The fourth-order valence-electron chi connectivity index (χ4n) is 1.87. The highest BCUT2D eigenvalue weighted by Crippen LogP contribution is 2.21. The first kappa shape index (κ1) is 14.0. The molecule has 1 unspecified atom stereocenters. The van der Waals surface area contributed by atoms with Gasteiger partial charge in [0.25, 0.3) is 5.91 Å². The van der Waals surface area contributed by atoms with Crippen LogP contribution in [0.25, 0.3) is 0 Å². The number of hydrogen-bond acceptors (Lipinski definition) is 3. The Balaban J connectivity index is 2.31. The Bertz CT molecular complexity index is 522. The van der Waals surface area contributed by atoms with E-state index in [1.165, 1.54) is 17.0 Å². The molecule has 2 rings (SSSR count). The van der Waals surface area contributed by atoms with E-state index in [-0.39, 0.29) is 25.3 Å². The fraction of sp³-hybridized carbons (Fsp3) is 0.333. The number of halogens is 2. The summed E-state index contributed by atoms with van der Waals surface area (Å²) in [5, 5.41) is 9.07. The van der Waals surface area contributed by atoms with Gasteiger partial charge in [0.05, 0.1) is 18.8 Å².